The summed E-state index contributed by atoms with van der Waals surface area (Å²) in [5.74, 6) is 2.66. The topological polar surface area (TPSA) is 107 Å². The van der Waals surface area contributed by atoms with Crippen molar-refractivity contribution in [3.63, 3.8) is 0 Å². The highest BCUT2D eigenvalue weighted by Gasteiger charge is 2.25. The third-order valence-electron chi connectivity index (χ3n) is 4.42. The molecule has 130 valence electrons. The minimum absolute atomic E-state index is 0.535. The molecule has 8 heteroatoms. The van der Waals surface area contributed by atoms with Crippen molar-refractivity contribution in [2.45, 2.75) is 25.7 Å². The number of nitrogens with zero attached hydrogens (tertiary/aromatic N) is 4. The maximum absolute atomic E-state index is 4.55. The molecule has 0 atom stereocenters. The van der Waals surface area contributed by atoms with E-state index in [4.69, 9.17) is 0 Å². The second kappa shape index (κ2) is 5.83. The van der Waals surface area contributed by atoms with Gasteiger partial charge in [0.15, 0.2) is 5.82 Å². The van der Waals surface area contributed by atoms with Gasteiger partial charge in [-0.3, -0.25) is 10.2 Å². The zero-order valence-corrected chi connectivity index (χ0v) is 14.2. The zero-order valence-electron chi connectivity index (χ0n) is 14.2. The summed E-state index contributed by atoms with van der Waals surface area (Å²) in [5.41, 5.74) is 3.96. The van der Waals surface area contributed by atoms with Gasteiger partial charge in [-0.05, 0) is 38.0 Å². The van der Waals surface area contributed by atoms with Crippen molar-refractivity contribution in [1.82, 2.24) is 30.4 Å². The van der Waals surface area contributed by atoms with Crippen LogP contribution in [0.3, 0.4) is 0 Å². The number of nitrogens with one attached hydrogen (secondary N) is 4. The number of aryl methyl sites for hydroxylation is 1. The molecular formula is C18H18N8. The van der Waals surface area contributed by atoms with Crippen molar-refractivity contribution in [2.75, 3.05) is 10.6 Å². The standard InChI is InChI=1S/C18H18N8/c1-10-6-16(22-17-8-15(25-26-17)11-2-3-11)23-18(20-10)21-13-4-5-14-12(7-13)9-19-24-14/h4-9,11H,2-3H2,1H3,(H,19,24)(H3,20,21,22,23,25,26). The van der Waals surface area contributed by atoms with E-state index in [0.29, 0.717) is 17.7 Å². The van der Waals surface area contributed by atoms with Gasteiger partial charge in [-0.2, -0.15) is 15.2 Å². The van der Waals surface area contributed by atoms with Crippen molar-refractivity contribution < 1.29 is 0 Å². The number of anilines is 4. The van der Waals surface area contributed by atoms with Crippen molar-refractivity contribution in [3.8, 4) is 0 Å². The van der Waals surface area contributed by atoms with E-state index in [1.54, 1.807) is 6.20 Å². The van der Waals surface area contributed by atoms with Crippen LogP contribution in [0, 0.1) is 6.92 Å². The van der Waals surface area contributed by atoms with Crippen LogP contribution in [0.2, 0.25) is 0 Å². The molecule has 1 fully saturated rings. The number of aromatic amines is 2. The van der Waals surface area contributed by atoms with E-state index in [2.05, 4.69) is 47.1 Å². The monoisotopic (exact) mass is 346 g/mol. The highest BCUT2D eigenvalue weighted by Crippen LogP contribution is 2.39. The lowest BCUT2D eigenvalue weighted by molar-refractivity contribution is 0.966. The molecule has 4 N–H and O–H groups in total. The van der Waals surface area contributed by atoms with Crippen LogP contribution >= 0.6 is 0 Å². The average molecular weight is 346 g/mol. The first kappa shape index (κ1) is 14.9. The molecule has 3 aromatic heterocycles. The predicted octanol–water partition coefficient (Wildman–Crippen LogP) is 3.75. The summed E-state index contributed by atoms with van der Waals surface area (Å²) in [6.07, 6.45) is 4.27. The second-order valence-electron chi connectivity index (χ2n) is 6.62. The van der Waals surface area contributed by atoms with Crippen LogP contribution in [0.15, 0.2) is 36.5 Å². The number of H-pyrrole nitrogens is 2. The molecule has 8 nitrogen and oxygen atoms in total. The smallest absolute Gasteiger partial charge is 0.229 e. The fourth-order valence-corrected chi connectivity index (χ4v) is 2.97. The van der Waals surface area contributed by atoms with Crippen LogP contribution < -0.4 is 10.6 Å². The Morgan fingerprint density at radius 2 is 1.92 bits per heavy atom. The predicted molar refractivity (Wildman–Crippen MR) is 100.0 cm³/mol. The Labute approximate surface area is 149 Å². The van der Waals surface area contributed by atoms with Crippen LogP contribution in [0.5, 0.6) is 0 Å². The number of aromatic nitrogens is 6. The van der Waals surface area contributed by atoms with E-state index in [9.17, 15) is 0 Å². The lowest BCUT2D eigenvalue weighted by Crippen LogP contribution is -2.02. The molecule has 3 heterocycles. The molecule has 1 saturated carbocycles. The molecule has 0 aliphatic heterocycles. The molecular weight excluding hydrogens is 328 g/mol. The van der Waals surface area contributed by atoms with E-state index in [0.717, 1.165) is 28.1 Å². The third-order valence-corrected chi connectivity index (χ3v) is 4.42. The van der Waals surface area contributed by atoms with E-state index >= 15 is 0 Å². The molecule has 1 aliphatic carbocycles. The van der Waals surface area contributed by atoms with E-state index in [1.807, 2.05) is 31.2 Å². The molecule has 5 rings (SSSR count). The fraction of sp³-hybridized carbons (Fsp3) is 0.222. The van der Waals surface area contributed by atoms with E-state index in [-0.39, 0.29) is 0 Å². The number of hydrogen-bond acceptors (Lipinski definition) is 6. The average Bonchev–Trinajstić information content (AvgIpc) is 3.18. The van der Waals surface area contributed by atoms with Crippen molar-refractivity contribution >= 4 is 34.2 Å². The van der Waals surface area contributed by atoms with E-state index < -0.39 is 0 Å². The Hall–Kier alpha value is -3.42. The van der Waals surface area contributed by atoms with Gasteiger partial charge in [-0.25, -0.2) is 4.98 Å². The first-order chi connectivity index (χ1) is 12.7. The van der Waals surface area contributed by atoms with Gasteiger partial charge in [0.1, 0.15) is 5.82 Å². The van der Waals surface area contributed by atoms with Gasteiger partial charge >= 0.3 is 0 Å². The fourth-order valence-electron chi connectivity index (χ4n) is 2.97. The maximum atomic E-state index is 4.55. The molecule has 4 aromatic rings. The van der Waals surface area contributed by atoms with Gasteiger partial charge in [0.05, 0.1) is 11.7 Å². The summed E-state index contributed by atoms with van der Waals surface area (Å²) < 4.78 is 0. The molecule has 0 amide bonds. The Morgan fingerprint density at radius 1 is 1.00 bits per heavy atom. The highest BCUT2D eigenvalue weighted by molar-refractivity contribution is 5.82. The Bertz CT molecular complexity index is 1080. The lowest BCUT2D eigenvalue weighted by atomic mass is 10.2. The zero-order chi connectivity index (χ0) is 17.5. The largest absolute Gasteiger partial charge is 0.324 e. The first-order valence-electron chi connectivity index (χ1n) is 8.61. The number of fused-ring (bicyclic) bond motifs is 1. The Morgan fingerprint density at radius 3 is 2.81 bits per heavy atom. The van der Waals surface area contributed by atoms with Crippen molar-refractivity contribution in [2.24, 2.45) is 0 Å². The van der Waals surface area contributed by atoms with Crippen molar-refractivity contribution in [3.05, 3.63) is 47.9 Å². The summed E-state index contributed by atoms with van der Waals surface area (Å²) >= 11 is 0. The first-order valence-corrected chi connectivity index (χ1v) is 8.61. The third kappa shape index (κ3) is 2.97. The molecule has 0 radical (unpaired) electrons. The number of rotatable bonds is 5. The SMILES string of the molecule is Cc1cc(Nc2cc(C3CC3)[nH]n2)nc(Nc2ccc3[nH]ncc3c2)n1. The highest BCUT2D eigenvalue weighted by atomic mass is 15.2. The van der Waals surface area contributed by atoms with Gasteiger partial charge in [0.2, 0.25) is 5.95 Å². The van der Waals surface area contributed by atoms with Crippen LogP contribution in [0.25, 0.3) is 10.9 Å². The van der Waals surface area contributed by atoms with Gasteiger partial charge in [0, 0.05) is 40.5 Å². The van der Waals surface area contributed by atoms with Gasteiger partial charge in [-0.15, -0.1) is 0 Å². The molecule has 0 bridgehead atoms. The summed E-state index contributed by atoms with van der Waals surface area (Å²) in [6.45, 7) is 1.94. The van der Waals surface area contributed by atoms with Crippen LogP contribution in [0.4, 0.5) is 23.3 Å². The Balaban J connectivity index is 1.38. The normalized spacial score (nSPS) is 13.9. The molecule has 1 aromatic carbocycles. The summed E-state index contributed by atoms with van der Waals surface area (Å²) in [6, 6.07) is 9.90. The quantitative estimate of drug-likeness (QED) is 0.438. The molecule has 1 aliphatic rings. The lowest BCUT2D eigenvalue weighted by Gasteiger charge is -2.09. The minimum atomic E-state index is 0.535. The summed E-state index contributed by atoms with van der Waals surface area (Å²) in [7, 11) is 0. The second-order valence-corrected chi connectivity index (χ2v) is 6.62. The van der Waals surface area contributed by atoms with E-state index in [1.165, 1.54) is 18.5 Å². The van der Waals surface area contributed by atoms with Gasteiger partial charge < -0.3 is 10.6 Å². The van der Waals surface area contributed by atoms with Crippen LogP contribution in [-0.4, -0.2) is 30.4 Å². The van der Waals surface area contributed by atoms with Crippen molar-refractivity contribution in [1.29, 1.82) is 0 Å². The van der Waals surface area contributed by atoms with Gasteiger partial charge in [0.25, 0.3) is 0 Å². The Kier molecular flexibility index (Phi) is 3.34. The minimum Gasteiger partial charge on any atom is -0.324 e. The maximum Gasteiger partial charge on any atom is 0.229 e. The van der Waals surface area contributed by atoms with Gasteiger partial charge in [-0.1, -0.05) is 0 Å². The molecule has 0 unspecified atom stereocenters. The van der Waals surface area contributed by atoms with Crippen LogP contribution in [0.1, 0.15) is 30.1 Å². The van der Waals surface area contributed by atoms with Crippen LogP contribution in [-0.2, 0) is 0 Å². The summed E-state index contributed by atoms with van der Waals surface area (Å²) in [4.78, 5) is 9.02. The molecule has 0 spiro atoms. The molecule has 26 heavy (non-hydrogen) atoms. The molecule has 0 saturated heterocycles. The number of benzene rings is 1. The summed E-state index contributed by atoms with van der Waals surface area (Å²) in [5, 5.41) is 21.9. The number of hydrogen-bond donors (Lipinski definition) is 4.